The summed E-state index contributed by atoms with van der Waals surface area (Å²) in [6, 6.07) is 2.30. The van der Waals surface area contributed by atoms with Crippen molar-refractivity contribution < 1.29 is 4.74 Å². The molecule has 0 aliphatic heterocycles. The second-order valence-corrected chi connectivity index (χ2v) is 12.3. The zero-order valence-corrected chi connectivity index (χ0v) is 28.6. The second-order valence-electron chi connectivity index (χ2n) is 12.3. The van der Waals surface area contributed by atoms with E-state index in [1.165, 1.54) is 5.57 Å². The summed E-state index contributed by atoms with van der Waals surface area (Å²) in [5, 5.41) is 13.2. The highest BCUT2D eigenvalue weighted by atomic mass is 16.5. The summed E-state index contributed by atoms with van der Waals surface area (Å²) < 4.78 is 5.99. The number of hydrogen-bond donors (Lipinski definition) is 1. The van der Waals surface area contributed by atoms with Gasteiger partial charge in [0.05, 0.1) is 17.7 Å². The Morgan fingerprint density at radius 3 is 2.42 bits per heavy atom. The molecule has 1 aliphatic carbocycles. The zero-order valence-electron chi connectivity index (χ0n) is 28.6. The SMILES string of the molecule is C=C(CCNCC(C)C)C/C(C(=C)C)=C(C(C)=NC)\C(=C/C(C)C1=CC(C#N)=CC=C=C1C)CC(=C)CC(C)OCCC. The molecule has 0 fully saturated rings. The predicted molar refractivity (Wildman–Crippen MR) is 187 cm³/mol. The van der Waals surface area contributed by atoms with E-state index in [9.17, 15) is 5.26 Å². The van der Waals surface area contributed by atoms with Gasteiger partial charge in [-0.3, -0.25) is 4.99 Å². The van der Waals surface area contributed by atoms with Gasteiger partial charge in [-0.2, -0.15) is 5.26 Å². The molecule has 4 heteroatoms. The van der Waals surface area contributed by atoms with E-state index >= 15 is 0 Å². The molecule has 1 N–H and O–H groups in total. The fraction of sp³-hybridized carbons (Fsp3) is 0.513. The average Bonchev–Trinajstić information content (AvgIpc) is 3.14. The lowest BCUT2D eigenvalue weighted by molar-refractivity contribution is 0.0667. The highest BCUT2D eigenvalue weighted by molar-refractivity contribution is 6.03. The fourth-order valence-corrected chi connectivity index (χ4v) is 5.16. The number of allylic oxidation sites excluding steroid dienone is 10. The first kappa shape index (κ1) is 37.8. The zero-order chi connectivity index (χ0) is 32.5. The molecule has 0 heterocycles. The van der Waals surface area contributed by atoms with E-state index in [4.69, 9.17) is 9.73 Å². The minimum atomic E-state index is 0.0294. The Bertz CT molecular complexity index is 1270. The van der Waals surface area contributed by atoms with Crippen molar-refractivity contribution in [1.82, 2.24) is 5.32 Å². The van der Waals surface area contributed by atoms with E-state index in [0.29, 0.717) is 17.9 Å². The van der Waals surface area contributed by atoms with E-state index in [-0.39, 0.29) is 12.0 Å². The lowest BCUT2D eigenvalue weighted by Crippen LogP contribution is -2.21. The predicted octanol–water partition coefficient (Wildman–Crippen LogP) is 9.74. The molecule has 234 valence electrons. The molecule has 1 rings (SSSR count). The quantitative estimate of drug-likeness (QED) is 0.0541. The molecule has 0 radical (unpaired) electrons. The molecule has 0 aromatic carbocycles. The van der Waals surface area contributed by atoms with Gasteiger partial charge in [-0.25, -0.2) is 0 Å². The number of nitriles is 1. The van der Waals surface area contributed by atoms with E-state index in [2.05, 4.69) is 98.3 Å². The summed E-state index contributed by atoms with van der Waals surface area (Å²) in [6.07, 6.45) is 12.1. The Kier molecular flexibility index (Phi) is 17.5. The summed E-state index contributed by atoms with van der Waals surface area (Å²) in [7, 11) is 1.85. The van der Waals surface area contributed by atoms with Crippen molar-refractivity contribution >= 4 is 5.71 Å². The van der Waals surface area contributed by atoms with Gasteiger partial charge in [0.15, 0.2) is 0 Å². The number of rotatable bonds is 19. The summed E-state index contributed by atoms with van der Waals surface area (Å²) in [5.74, 6) is 0.645. The Balaban J connectivity index is 3.70. The van der Waals surface area contributed by atoms with Crippen LogP contribution in [-0.2, 0) is 4.74 Å². The van der Waals surface area contributed by atoms with Crippen LogP contribution in [0.4, 0.5) is 0 Å². The van der Waals surface area contributed by atoms with E-state index < -0.39 is 0 Å². The fourth-order valence-electron chi connectivity index (χ4n) is 5.16. The number of ether oxygens (including phenoxy) is 1. The number of nitrogens with one attached hydrogen (secondary N) is 1. The van der Waals surface area contributed by atoms with Crippen LogP contribution >= 0.6 is 0 Å². The van der Waals surface area contributed by atoms with Crippen molar-refractivity contribution in [3.8, 4) is 6.07 Å². The van der Waals surface area contributed by atoms with Crippen molar-refractivity contribution in [3.05, 3.63) is 99.9 Å². The van der Waals surface area contributed by atoms with Gasteiger partial charge in [0.1, 0.15) is 0 Å². The Morgan fingerprint density at radius 1 is 1.14 bits per heavy atom. The highest BCUT2D eigenvalue weighted by Gasteiger charge is 2.21. The van der Waals surface area contributed by atoms with Crippen molar-refractivity contribution in [2.45, 2.75) is 93.6 Å². The van der Waals surface area contributed by atoms with Gasteiger partial charge in [-0.15, -0.1) is 5.73 Å². The molecule has 0 saturated heterocycles. The Morgan fingerprint density at radius 2 is 1.84 bits per heavy atom. The van der Waals surface area contributed by atoms with Gasteiger partial charge in [-0.1, -0.05) is 70.2 Å². The third kappa shape index (κ3) is 13.7. The van der Waals surface area contributed by atoms with Crippen LogP contribution in [0, 0.1) is 23.2 Å². The molecule has 0 aromatic rings. The third-order valence-electron chi connectivity index (χ3n) is 7.47. The maximum absolute atomic E-state index is 9.66. The largest absolute Gasteiger partial charge is 0.378 e. The van der Waals surface area contributed by atoms with Crippen LogP contribution in [0.25, 0.3) is 0 Å². The van der Waals surface area contributed by atoms with Crippen LogP contribution in [0.3, 0.4) is 0 Å². The topological polar surface area (TPSA) is 57.4 Å². The number of hydrogen-bond acceptors (Lipinski definition) is 4. The molecule has 0 saturated carbocycles. The minimum Gasteiger partial charge on any atom is -0.378 e. The maximum atomic E-state index is 9.66. The minimum absolute atomic E-state index is 0.0294. The molecule has 4 nitrogen and oxygen atoms in total. The monoisotopic (exact) mass is 583 g/mol. The van der Waals surface area contributed by atoms with Crippen LogP contribution in [0.2, 0.25) is 0 Å². The van der Waals surface area contributed by atoms with E-state index in [1.54, 1.807) is 0 Å². The maximum Gasteiger partial charge on any atom is 0.0991 e. The summed E-state index contributed by atoms with van der Waals surface area (Å²) in [6.45, 7) is 33.1. The molecular formula is C39H57N3O. The average molecular weight is 584 g/mol. The van der Waals surface area contributed by atoms with Crippen molar-refractivity contribution in [3.63, 3.8) is 0 Å². The summed E-state index contributed by atoms with van der Waals surface area (Å²) >= 11 is 0. The van der Waals surface area contributed by atoms with Gasteiger partial charge < -0.3 is 10.1 Å². The number of aliphatic imine (C=N–C) groups is 1. The van der Waals surface area contributed by atoms with Gasteiger partial charge in [0.2, 0.25) is 0 Å². The summed E-state index contributed by atoms with van der Waals surface area (Å²) in [4.78, 5) is 4.69. The Hall–Kier alpha value is -3.22. The molecular weight excluding hydrogens is 526 g/mol. The number of nitrogens with zero attached hydrogens (tertiary/aromatic N) is 2. The van der Waals surface area contributed by atoms with Gasteiger partial charge >= 0.3 is 0 Å². The molecule has 0 spiro atoms. The van der Waals surface area contributed by atoms with Gasteiger partial charge in [0, 0.05) is 30.9 Å². The van der Waals surface area contributed by atoms with Crippen LogP contribution in [0.5, 0.6) is 0 Å². The molecule has 0 aromatic heterocycles. The molecule has 1 aliphatic rings. The second kappa shape index (κ2) is 19.9. The van der Waals surface area contributed by atoms with Crippen LogP contribution in [0.15, 0.2) is 105 Å². The summed E-state index contributed by atoms with van der Waals surface area (Å²) in [5.41, 5.74) is 13.8. The molecule has 2 unspecified atom stereocenters. The van der Waals surface area contributed by atoms with Crippen molar-refractivity contribution in [2.24, 2.45) is 16.8 Å². The third-order valence-corrected chi connectivity index (χ3v) is 7.47. The standard InChI is InChI=1S/C39H57N3O/c1-13-19-43-33(10)20-30(7)21-36(23-32(9)38-24-35(25-40)16-14-15-31(38)8)39(34(11)41-12)37(28(4)5)22-29(6)17-18-42-26-27(2)3/h14,16,23-24,27,32-33,42H,4,6-7,13,17-22,26H2,1-3,5,8-12H3/b36-23-,39-37+,41-34?. The molecule has 0 amide bonds. The normalized spacial score (nSPS) is 16.0. The lowest BCUT2D eigenvalue weighted by atomic mass is 9.82. The van der Waals surface area contributed by atoms with Crippen molar-refractivity contribution in [2.75, 3.05) is 26.7 Å². The molecule has 2 atom stereocenters. The first-order chi connectivity index (χ1) is 20.3. The smallest absolute Gasteiger partial charge is 0.0991 e. The first-order valence-electron chi connectivity index (χ1n) is 15.8. The van der Waals surface area contributed by atoms with Crippen LogP contribution in [0.1, 0.15) is 87.5 Å². The lowest BCUT2D eigenvalue weighted by Gasteiger charge is -2.24. The van der Waals surface area contributed by atoms with Crippen LogP contribution < -0.4 is 5.32 Å². The van der Waals surface area contributed by atoms with E-state index in [0.717, 1.165) is 90.1 Å². The first-order valence-corrected chi connectivity index (χ1v) is 15.8. The molecule has 0 bridgehead atoms. The Labute approximate surface area is 263 Å². The van der Waals surface area contributed by atoms with Crippen LogP contribution in [-0.4, -0.2) is 38.6 Å². The van der Waals surface area contributed by atoms with Gasteiger partial charge in [-0.05, 0) is 119 Å². The van der Waals surface area contributed by atoms with E-state index in [1.807, 2.05) is 25.3 Å². The van der Waals surface area contributed by atoms with Crippen molar-refractivity contribution in [1.29, 1.82) is 5.26 Å². The molecule has 43 heavy (non-hydrogen) atoms. The highest BCUT2D eigenvalue weighted by Crippen LogP contribution is 2.34. The van der Waals surface area contributed by atoms with Gasteiger partial charge in [0.25, 0.3) is 0 Å².